The highest BCUT2D eigenvalue weighted by Crippen LogP contribution is 2.15. The number of guanidine groups is 1. The Kier molecular flexibility index (Phi) is 6.12. The van der Waals surface area contributed by atoms with Gasteiger partial charge < -0.3 is 10.6 Å². The highest BCUT2D eigenvalue weighted by atomic mass is 32.1. The maximum Gasteiger partial charge on any atom is 0.191 e. The Morgan fingerprint density at radius 2 is 2.17 bits per heavy atom. The van der Waals surface area contributed by atoms with E-state index in [1.807, 2.05) is 32.0 Å². The second kappa shape index (κ2) is 8.30. The summed E-state index contributed by atoms with van der Waals surface area (Å²) >= 11 is 1.70. The fourth-order valence-electron chi connectivity index (χ4n) is 2.03. The number of nitriles is 1. The molecule has 0 atom stereocenters. The number of hydrogen-bond donors (Lipinski definition) is 2. The summed E-state index contributed by atoms with van der Waals surface area (Å²) in [6.07, 6.45) is 0. The molecule has 2 aromatic rings. The first-order valence-electron chi connectivity index (χ1n) is 7.56. The lowest BCUT2D eigenvalue weighted by Gasteiger charge is -2.10. The minimum absolute atomic E-state index is 0.529. The molecule has 0 radical (unpaired) electrons. The van der Waals surface area contributed by atoms with Crippen LogP contribution in [0.3, 0.4) is 0 Å². The van der Waals surface area contributed by atoms with Crippen LogP contribution in [0.25, 0.3) is 0 Å². The Balaban J connectivity index is 2.00. The van der Waals surface area contributed by atoms with Crippen molar-refractivity contribution in [1.29, 1.82) is 5.26 Å². The first kappa shape index (κ1) is 17.0. The molecule has 120 valence electrons. The van der Waals surface area contributed by atoms with Crippen LogP contribution in [-0.4, -0.2) is 17.5 Å². The monoisotopic (exact) mass is 327 g/mol. The summed E-state index contributed by atoms with van der Waals surface area (Å²) in [7, 11) is 0. The molecule has 1 aromatic heterocycles. The Labute approximate surface area is 141 Å². The highest BCUT2D eigenvalue weighted by molar-refractivity contribution is 7.11. The second-order valence-electron chi connectivity index (χ2n) is 5.11. The largest absolute Gasteiger partial charge is 0.357 e. The highest BCUT2D eigenvalue weighted by Gasteiger charge is 2.05. The summed E-state index contributed by atoms with van der Waals surface area (Å²) in [5.74, 6) is 0.750. The van der Waals surface area contributed by atoms with Crippen molar-refractivity contribution in [3.63, 3.8) is 0 Å². The Morgan fingerprint density at radius 1 is 1.35 bits per heavy atom. The van der Waals surface area contributed by atoms with Crippen LogP contribution in [0.2, 0.25) is 0 Å². The van der Waals surface area contributed by atoms with E-state index in [2.05, 4.69) is 33.6 Å². The molecule has 0 aliphatic rings. The molecular weight excluding hydrogens is 306 g/mol. The quantitative estimate of drug-likeness (QED) is 0.654. The van der Waals surface area contributed by atoms with E-state index >= 15 is 0 Å². The summed E-state index contributed by atoms with van der Waals surface area (Å²) in [4.78, 5) is 10.3. The predicted molar refractivity (Wildman–Crippen MR) is 94.4 cm³/mol. The molecule has 0 saturated heterocycles. The normalized spacial score (nSPS) is 11.1. The van der Waals surface area contributed by atoms with Crippen molar-refractivity contribution in [3.05, 3.63) is 51.0 Å². The molecule has 0 aliphatic carbocycles. The van der Waals surface area contributed by atoms with Gasteiger partial charge in [0.1, 0.15) is 5.01 Å². The molecule has 2 rings (SSSR count). The van der Waals surface area contributed by atoms with Gasteiger partial charge in [0.05, 0.1) is 30.4 Å². The third-order valence-electron chi connectivity index (χ3n) is 3.30. The Bertz CT molecular complexity index is 707. The maximum atomic E-state index is 8.94. The Hall–Kier alpha value is -2.39. The second-order valence-corrected chi connectivity index (χ2v) is 6.40. The molecule has 1 aromatic carbocycles. The van der Waals surface area contributed by atoms with Gasteiger partial charge in [-0.2, -0.15) is 5.26 Å². The van der Waals surface area contributed by atoms with Gasteiger partial charge in [0.25, 0.3) is 0 Å². The lowest BCUT2D eigenvalue weighted by Crippen LogP contribution is -2.36. The van der Waals surface area contributed by atoms with E-state index in [0.717, 1.165) is 28.8 Å². The lowest BCUT2D eigenvalue weighted by molar-refractivity contribution is 0.809. The summed E-state index contributed by atoms with van der Waals surface area (Å²) in [6.45, 7) is 8.12. The molecule has 0 saturated carbocycles. The van der Waals surface area contributed by atoms with Gasteiger partial charge in [-0.05, 0) is 38.5 Å². The predicted octanol–water partition coefficient (Wildman–Crippen LogP) is 2.89. The van der Waals surface area contributed by atoms with E-state index in [1.165, 1.54) is 4.88 Å². The summed E-state index contributed by atoms with van der Waals surface area (Å²) in [5, 5.41) is 16.5. The van der Waals surface area contributed by atoms with Crippen molar-refractivity contribution in [2.45, 2.75) is 33.9 Å². The smallest absolute Gasteiger partial charge is 0.191 e. The van der Waals surface area contributed by atoms with E-state index in [1.54, 1.807) is 17.4 Å². The van der Waals surface area contributed by atoms with Gasteiger partial charge in [-0.15, -0.1) is 11.3 Å². The van der Waals surface area contributed by atoms with Crippen LogP contribution in [0.1, 0.15) is 33.6 Å². The van der Waals surface area contributed by atoms with Crippen molar-refractivity contribution in [3.8, 4) is 6.07 Å². The van der Waals surface area contributed by atoms with Crippen LogP contribution in [0.15, 0.2) is 29.3 Å². The molecule has 5 nitrogen and oxygen atoms in total. The van der Waals surface area contributed by atoms with Gasteiger partial charge in [-0.1, -0.05) is 12.1 Å². The zero-order valence-corrected chi connectivity index (χ0v) is 14.5. The number of hydrogen-bond acceptors (Lipinski definition) is 4. The molecule has 0 unspecified atom stereocenters. The van der Waals surface area contributed by atoms with E-state index in [4.69, 9.17) is 5.26 Å². The molecule has 0 spiro atoms. The first-order valence-corrected chi connectivity index (χ1v) is 8.38. The van der Waals surface area contributed by atoms with Crippen molar-refractivity contribution >= 4 is 17.3 Å². The molecule has 1 heterocycles. The van der Waals surface area contributed by atoms with Crippen LogP contribution in [0, 0.1) is 25.2 Å². The number of nitrogens with zero attached hydrogens (tertiary/aromatic N) is 3. The lowest BCUT2D eigenvalue weighted by atomic mass is 10.1. The van der Waals surface area contributed by atoms with Gasteiger partial charge in [-0.25, -0.2) is 9.98 Å². The first-order chi connectivity index (χ1) is 11.1. The van der Waals surface area contributed by atoms with E-state index in [9.17, 15) is 0 Å². The summed E-state index contributed by atoms with van der Waals surface area (Å²) in [5.41, 5.74) is 2.76. The molecule has 0 amide bonds. The number of thiazole rings is 1. The molecular formula is C17H21N5S. The molecule has 0 fully saturated rings. The molecule has 0 bridgehead atoms. The number of rotatable bonds is 5. The third-order valence-corrected chi connectivity index (χ3v) is 4.37. The van der Waals surface area contributed by atoms with E-state index in [-0.39, 0.29) is 0 Å². The fraction of sp³-hybridized carbons (Fsp3) is 0.353. The van der Waals surface area contributed by atoms with E-state index in [0.29, 0.717) is 18.7 Å². The van der Waals surface area contributed by atoms with Crippen LogP contribution in [0.4, 0.5) is 0 Å². The molecule has 2 N–H and O–H groups in total. The van der Waals surface area contributed by atoms with Gasteiger partial charge in [0, 0.05) is 11.4 Å². The number of aromatic nitrogens is 1. The maximum absolute atomic E-state index is 8.94. The minimum Gasteiger partial charge on any atom is -0.357 e. The van der Waals surface area contributed by atoms with Gasteiger partial charge in [0.2, 0.25) is 0 Å². The van der Waals surface area contributed by atoms with Crippen LogP contribution < -0.4 is 10.6 Å². The van der Waals surface area contributed by atoms with Crippen LogP contribution in [-0.2, 0) is 13.1 Å². The molecule has 0 aliphatic heterocycles. The molecule has 6 heteroatoms. The van der Waals surface area contributed by atoms with Gasteiger partial charge in [-0.3, -0.25) is 0 Å². The average molecular weight is 327 g/mol. The van der Waals surface area contributed by atoms with Crippen molar-refractivity contribution < 1.29 is 0 Å². The molecule has 23 heavy (non-hydrogen) atoms. The topological polar surface area (TPSA) is 73.1 Å². The number of aryl methyl sites for hydroxylation is 2. The average Bonchev–Trinajstić information content (AvgIpc) is 2.88. The SMILES string of the molecule is CCNC(=NCc1cccc(C#N)c1)NCc1nc(C)c(C)s1. The number of aliphatic imine (C=N–C) groups is 1. The standard InChI is InChI=1S/C17H21N5S/c1-4-19-17(21-11-16-22-12(2)13(3)23-16)20-10-15-7-5-6-14(8-15)9-18/h5-8H,4,10-11H2,1-3H3,(H2,19,20,21). The van der Waals surface area contributed by atoms with Crippen molar-refractivity contribution in [2.75, 3.05) is 6.54 Å². The summed E-state index contributed by atoms with van der Waals surface area (Å²) < 4.78 is 0. The minimum atomic E-state index is 0.529. The zero-order chi connectivity index (χ0) is 16.7. The van der Waals surface area contributed by atoms with Gasteiger partial charge in [0.15, 0.2) is 5.96 Å². The summed E-state index contributed by atoms with van der Waals surface area (Å²) in [6, 6.07) is 9.66. The van der Waals surface area contributed by atoms with Crippen LogP contribution in [0.5, 0.6) is 0 Å². The third kappa shape index (κ3) is 5.08. The number of benzene rings is 1. The fourth-order valence-corrected chi connectivity index (χ4v) is 2.90. The van der Waals surface area contributed by atoms with E-state index < -0.39 is 0 Å². The zero-order valence-electron chi connectivity index (χ0n) is 13.7. The van der Waals surface area contributed by atoms with Crippen LogP contribution >= 0.6 is 11.3 Å². The van der Waals surface area contributed by atoms with Crippen molar-refractivity contribution in [2.24, 2.45) is 4.99 Å². The van der Waals surface area contributed by atoms with Gasteiger partial charge >= 0.3 is 0 Å². The number of nitrogens with one attached hydrogen (secondary N) is 2. The Morgan fingerprint density at radius 3 is 2.83 bits per heavy atom. The van der Waals surface area contributed by atoms with Crippen molar-refractivity contribution in [1.82, 2.24) is 15.6 Å².